The first-order valence-corrected chi connectivity index (χ1v) is 6.80. The molecule has 6 heteroatoms. The maximum atomic E-state index is 5.41. The Morgan fingerprint density at radius 2 is 2.33 bits per heavy atom. The van der Waals surface area contributed by atoms with Crippen molar-refractivity contribution in [3.8, 4) is 0 Å². The van der Waals surface area contributed by atoms with E-state index in [1.165, 1.54) is 0 Å². The highest BCUT2D eigenvalue weighted by Crippen LogP contribution is 2.23. The summed E-state index contributed by atoms with van der Waals surface area (Å²) in [6.45, 7) is 2.10. The van der Waals surface area contributed by atoms with Crippen LogP contribution in [0.3, 0.4) is 0 Å². The minimum atomic E-state index is 0.649. The van der Waals surface area contributed by atoms with Crippen molar-refractivity contribution in [2.45, 2.75) is 30.5 Å². The molecule has 0 spiro atoms. The van der Waals surface area contributed by atoms with E-state index in [0.717, 1.165) is 35.2 Å². The quantitative estimate of drug-likeness (QED) is 0.361. The standard InChI is InChI=1S/C12H16N4OS/c1-2-4-10-14-11(16-13)7-12(15-10)18-8-9-5-3-6-17-9/h3,5-7H,2,4,8,13H2,1H3,(H,14,15,16). The van der Waals surface area contributed by atoms with Crippen molar-refractivity contribution in [1.82, 2.24) is 9.97 Å². The monoisotopic (exact) mass is 264 g/mol. The van der Waals surface area contributed by atoms with E-state index in [4.69, 9.17) is 10.3 Å². The molecule has 2 rings (SSSR count). The van der Waals surface area contributed by atoms with E-state index >= 15 is 0 Å². The van der Waals surface area contributed by atoms with Crippen LogP contribution < -0.4 is 11.3 Å². The van der Waals surface area contributed by atoms with E-state index in [0.29, 0.717) is 5.82 Å². The van der Waals surface area contributed by atoms with Crippen LogP contribution >= 0.6 is 11.8 Å². The minimum absolute atomic E-state index is 0.649. The van der Waals surface area contributed by atoms with Gasteiger partial charge >= 0.3 is 0 Å². The molecule has 0 aliphatic rings. The number of aryl methyl sites for hydroxylation is 1. The maximum absolute atomic E-state index is 5.41. The van der Waals surface area contributed by atoms with Gasteiger partial charge in [-0.1, -0.05) is 18.7 Å². The van der Waals surface area contributed by atoms with Crippen LogP contribution in [0.5, 0.6) is 0 Å². The molecular formula is C12H16N4OS. The van der Waals surface area contributed by atoms with E-state index in [-0.39, 0.29) is 0 Å². The first kappa shape index (κ1) is 12.9. The molecular weight excluding hydrogens is 248 g/mol. The number of furan rings is 1. The molecule has 0 atom stereocenters. The van der Waals surface area contributed by atoms with Gasteiger partial charge in [-0.3, -0.25) is 0 Å². The number of nitrogens with zero attached hydrogens (tertiary/aromatic N) is 2. The molecule has 0 saturated heterocycles. The number of anilines is 1. The molecule has 0 bridgehead atoms. The minimum Gasteiger partial charge on any atom is -0.468 e. The summed E-state index contributed by atoms with van der Waals surface area (Å²) in [6.07, 6.45) is 3.53. The van der Waals surface area contributed by atoms with Crippen LogP contribution in [0.25, 0.3) is 0 Å². The van der Waals surface area contributed by atoms with Gasteiger partial charge in [0.2, 0.25) is 0 Å². The predicted molar refractivity (Wildman–Crippen MR) is 72.1 cm³/mol. The smallest absolute Gasteiger partial charge is 0.144 e. The zero-order valence-electron chi connectivity index (χ0n) is 10.2. The molecule has 0 saturated carbocycles. The van der Waals surface area contributed by atoms with Gasteiger partial charge in [0.1, 0.15) is 22.4 Å². The molecule has 2 aromatic heterocycles. The van der Waals surface area contributed by atoms with E-state index in [9.17, 15) is 0 Å². The number of hydrazine groups is 1. The molecule has 0 aliphatic heterocycles. The Balaban J connectivity index is 2.08. The fourth-order valence-corrected chi connectivity index (χ4v) is 2.32. The summed E-state index contributed by atoms with van der Waals surface area (Å²) in [7, 11) is 0. The number of rotatable bonds is 6. The molecule has 2 aromatic rings. The maximum Gasteiger partial charge on any atom is 0.144 e. The zero-order valence-corrected chi connectivity index (χ0v) is 11.0. The van der Waals surface area contributed by atoms with Crippen LogP contribution in [0.4, 0.5) is 5.82 Å². The number of nitrogen functional groups attached to an aromatic ring is 1. The average Bonchev–Trinajstić information content (AvgIpc) is 2.89. The van der Waals surface area contributed by atoms with E-state index in [1.54, 1.807) is 18.0 Å². The molecule has 2 heterocycles. The molecule has 96 valence electrons. The van der Waals surface area contributed by atoms with Gasteiger partial charge in [0, 0.05) is 12.5 Å². The second kappa shape index (κ2) is 6.42. The van der Waals surface area contributed by atoms with Gasteiger partial charge in [0.05, 0.1) is 12.0 Å². The molecule has 18 heavy (non-hydrogen) atoms. The van der Waals surface area contributed by atoms with Crippen molar-refractivity contribution in [1.29, 1.82) is 0 Å². The normalized spacial score (nSPS) is 10.6. The molecule has 0 fully saturated rings. The second-order valence-electron chi connectivity index (χ2n) is 3.77. The Labute approximate surface area is 110 Å². The topological polar surface area (TPSA) is 77.0 Å². The van der Waals surface area contributed by atoms with Crippen molar-refractivity contribution in [3.05, 3.63) is 36.0 Å². The Hall–Kier alpha value is -1.53. The Morgan fingerprint density at radius 1 is 1.44 bits per heavy atom. The van der Waals surface area contributed by atoms with Crippen LogP contribution in [-0.2, 0) is 12.2 Å². The third kappa shape index (κ3) is 3.48. The van der Waals surface area contributed by atoms with Crippen LogP contribution in [0.2, 0.25) is 0 Å². The lowest BCUT2D eigenvalue weighted by molar-refractivity contribution is 0.530. The number of hydrogen-bond acceptors (Lipinski definition) is 6. The second-order valence-corrected chi connectivity index (χ2v) is 4.77. The fraction of sp³-hybridized carbons (Fsp3) is 0.333. The summed E-state index contributed by atoms with van der Waals surface area (Å²) in [6, 6.07) is 5.67. The first-order chi connectivity index (χ1) is 8.81. The summed E-state index contributed by atoms with van der Waals surface area (Å²) in [4.78, 5) is 8.79. The van der Waals surface area contributed by atoms with Gasteiger partial charge in [-0.2, -0.15) is 0 Å². The van der Waals surface area contributed by atoms with E-state index < -0.39 is 0 Å². The highest BCUT2D eigenvalue weighted by atomic mass is 32.2. The van der Waals surface area contributed by atoms with Crippen molar-refractivity contribution < 1.29 is 4.42 Å². The zero-order chi connectivity index (χ0) is 12.8. The molecule has 3 N–H and O–H groups in total. The third-order valence-electron chi connectivity index (χ3n) is 2.31. The molecule has 0 amide bonds. The summed E-state index contributed by atoms with van der Waals surface area (Å²) in [5, 5.41) is 0.901. The number of nitrogens with one attached hydrogen (secondary N) is 1. The van der Waals surface area contributed by atoms with Crippen LogP contribution in [-0.4, -0.2) is 9.97 Å². The highest BCUT2D eigenvalue weighted by molar-refractivity contribution is 7.98. The number of thioether (sulfide) groups is 1. The predicted octanol–water partition coefficient (Wildman–Crippen LogP) is 2.60. The number of nitrogens with two attached hydrogens (primary N) is 1. The molecule has 0 radical (unpaired) electrons. The summed E-state index contributed by atoms with van der Waals surface area (Å²) < 4.78 is 5.28. The van der Waals surface area contributed by atoms with Crippen LogP contribution in [0, 0.1) is 0 Å². The SMILES string of the molecule is CCCc1nc(NN)cc(SCc2ccco2)n1. The Morgan fingerprint density at radius 3 is 3.00 bits per heavy atom. The summed E-state index contributed by atoms with van der Waals surface area (Å²) >= 11 is 1.61. The van der Waals surface area contributed by atoms with Gasteiger partial charge in [-0.15, -0.1) is 0 Å². The van der Waals surface area contributed by atoms with Crippen molar-refractivity contribution in [2.24, 2.45) is 5.84 Å². The lowest BCUT2D eigenvalue weighted by Crippen LogP contribution is -2.10. The summed E-state index contributed by atoms with van der Waals surface area (Å²) in [5.74, 6) is 8.55. The molecule has 5 nitrogen and oxygen atoms in total. The largest absolute Gasteiger partial charge is 0.468 e. The lowest BCUT2D eigenvalue weighted by atomic mass is 10.3. The Kier molecular flexibility index (Phi) is 4.60. The van der Waals surface area contributed by atoms with Crippen molar-refractivity contribution >= 4 is 17.6 Å². The van der Waals surface area contributed by atoms with E-state index in [2.05, 4.69) is 22.3 Å². The highest BCUT2D eigenvalue weighted by Gasteiger charge is 2.05. The Bertz CT molecular complexity index is 487. The third-order valence-corrected chi connectivity index (χ3v) is 3.25. The van der Waals surface area contributed by atoms with Crippen LogP contribution in [0.15, 0.2) is 33.9 Å². The molecule has 0 aromatic carbocycles. The lowest BCUT2D eigenvalue weighted by Gasteiger charge is -2.06. The van der Waals surface area contributed by atoms with Gasteiger partial charge in [0.15, 0.2) is 0 Å². The molecule has 0 aliphatic carbocycles. The summed E-state index contributed by atoms with van der Waals surface area (Å²) in [5.41, 5.74) is 2.57. The fourth-order valence-electron chi connectivity index (χ4n) is 1.50. The van der Waals surface area contributed by atoms with E-state index in [1.807, 2.05) is 18.2 Å². The van der Waals surface area contributed by atoms with Gasteiger partial charge in [-0.25, -0.2) is 15.8 Å². The van der Waals surface area contributed by atoms with Crippen LogP contribution in [0.1, 0.15) is 24.9 Å². The van der Waals surface area contributed by atoms with Crippen molar-refractivity contribution in [3.63, 3.8) is 0 Å². The van der Waals surface area contributed by atoms with Gasteiger partial charge in [0.25, 0.3) is 0 Å². The van der Waals surface area contributed by atoms with Gasteiger partial charge < -0.3 is 9.84 Å². The number of hydrogen-bond donors (Lipinski definition) is 2. The number of aromatic nitrogens is 2. The van der Waals surface area contributed by atoms with Crippen molar-refractivity contribution in [2.75, 3.05) is 5.43 Å². The molecule has 0 unspecified atom stereocenters. The average molecular weight is 264 g/mol. The first-order valence-electron chi connectivity index (χ1n) is 5.81. The van der Waals surface area contributed by atoms with Gasteiger partial charge in [-0.05, 0) is 18.6 Å².